The summed E-state index contributed by atoms with van der Waals surface area (Å²) in [6.07, 6.45) is 3.48. The van der Waals surface area contributed by atoms with Crippen molar-refractivity contribution in [2.75, 3.05) is 49.1 Å². The minimum Gasteiger partial charge on any atom is -0.366 e. The van der Waals surface area contributed by atoms with E-state index in [0.717, 1.165) is 63.5 Å². The lowest BCUT2D eigenvalue weighted by Crippen LogP contribution is -2.89. The summed E-state index contributed by atoms with van der Waals surface area (Å²) >= 11 is 0. The van der Waals surface area contributed by atoms with Gasteiger partial charge in [-0.05, 0) is 31.4 Å². The Kier molecular flexibility index (Phi) is 4.24. The molecule has 0 atom stereocenters. The fourth-order valence-electron chi connectivity index (χ4n) is 3.26. The SMILES string of the molecule is O=[N+]([O-])c1ccc(N2CC[NH2+]CC2)cc1N1CCCCC1. The Morgan fingerprint density at radius 2 is 1.71 bits per heavy atom. The standard InChI is InChI=1S/C15H22N4O2/c20-19(21)14-5-4-13(17-10-6-16-7-11-17)12-15(14)18-8-2-1-3-9-18/h4-5,12,16H,1-3,6-11H2/p+1. The topological polar surface area (TPSA) is 66.2 Å². The summed E-state index contributed by atoms with van der Waals surface area (Å²) in [6, 6.07) is 5.60. The van der Waals surface area contributed by atoms with Crippen LogP contribution in [0, 0.1) is 10.1 Å². The summed E-state index contributed by atoms with van der Waals surface area (Å²) in [4.78, 5) is 15.6. The highest BCUT2D eigenvalue weighted by Gasteiger charge is 2.23. The van der Waals surface area contributed by atoms with Crippen LogP contribution in [0.25, 0.3) is 0 Å². The highest BCUT2D eigenvalue weighted by Crippen LogP contribution is 2.34. The summed E-state index contributed by atoms with van der Waals surface area (Å²) in [5.74, 6) is 0. The number of piperidine rings is 1. The Balaban J connectivity index is 1.91. The van der Waals surface area contributed by atoms with Crippen LogP contribution in [0.3, 0.4) is 0 Å². The number of nitro benzene ring substituents is 1. The molecule has 2 aliphatic heterocycles. The molecule has 2 saturated heterocycles. The van der Waals surface area contributed by atoms with Gasteiger partial charge in [-0.2, -0.15) is 0 Å². The lowest BCUT2D eigenvalue weighted by Gasteiger charge is -2.31. The molecule has 2 fully saturated rings. The fourth-order valence-corrected chi connectivity index (χ4v) is 3.26. The highest BCUT2D eigenvalue weighted by atomic mass is 16.6. The Labute approximate surface area is 124 Å². The fraction of sp³-hybridized carbons (Fsp3) is 0.600. The van der Waals surface area contributed by atoms with Crippen LogP contribution < -0.4 is 15.1 Å². The number of hydrogen-bond acceptors (Lipinski definition) is 4. The third-order valence-electron chi connectivity index (χ3n) is 4.42. The Bertz CT molecular complexity index is 508. The van der Waals surface area contributed by atoms with Gasteiger partial charge in [-0.3, -0.25) is 10.1 Å². The molecule has 1 aromatic rings. The van der Waals surface area contributed by atoms with Crippen LogP contribution in [-0.2, 0) is 0 Å². The summed E-state index contributed by atoms with van der Waals surface area (Å²) in [5.41, 5.74) is 2.16. The van der Waals surface area contributed by atoms with E-state index in [4.69, 9.17) is 0 Å². The second-order valence-electron chi connectivity index (χ2n) is 5.83. The molecule has 0 saturated carbocycles. The first kappa shape index (κ1) is 14.1. The Morgan fingerprint density at radius 1 is 1.00 bits per heavy atom. The van der Waals surface area contributed by atoms with E-state index < -0.39 is 0 Å². The van der Waals surface area contributed by atoms with Gasteiger partial charge in [0.15, 0.2) is 0 Å². The number of hydrogen-bond donors (Lipinski definition) is 1. The molecule has 21 heavy (non-hydrogen) atoms. The molecular weight excluding hydrogens is 268 g/mol. The van der Waals surface area contributed by atoms with E-state index in [1.807, 2.05) is 12.1 Å². The number of piperazine rings is 1. The van der Waals surface area contributed by atoms with E-state index in [1.165, 1.54) is 6.42 Å². The van der Waals surface area contributed by atoms with Crippen LogP contribution in [0.15, 0.2) is 18.2 Å². The van der Waals surface area contributed by atoms with Gasteiger partial charge in [0.1, 0.15) is 5.69 Å². The number of nitrogens with zero attached hydrogens (tertiary/aromatic N) is 3. The van der Waals surface area contributed by atoms with Crippen LogP contribution >= 0.6 is 0 Å². The van der Waals surface area contributed by atoms with E-state index in [2.05, 4.69) is 15.1 Å². The smallest absolute Gasteiger partial charge is 0.292 e. The zero-order valence-corrected chi connectivity index (χ0v) is 12.3. The number of anilines is 2. The van der Waals surface area contributed by atoms with E-state index in [-0.39, 0.29) is 10.6 Å². The van der Waals surface area contributed by atoms with Gasteiger partial charge < -0.3 is 15.1 Å². The monoisotopic (exact) mass is 291 g/mol. The average Bonchev–Trinajstić information content (AvgIpc) is 2.56. The zero-order chi connectivity index (χ0) is 14.7. The predicted molar refractivity (Wildman–Crippen MR) is 83.0 cm³/mol. The van der Waals surface area contributed by atoms with E-state index >= 15 is 0 Å². The molecule has 2 heterocycles. The molecule has 0 bridgehead atoms. The molecular formula is C15H23N4O2+. The minimum atomic E-state index is -0.252. The highest BCUT2D eigenvalue weighted by molar-refractivity contribution is 5.70. The second kappa shape index (κ2) is 6.30. The van der Waals surface area contributed by atoms with Crippen LogP contribution in [0.2, 0.25) is 0 Å². The van der Waals surface area contributed by atoms with Crippen molar-refractivity contribution in [3.63, 3.8) is 0 Å². The molecule has 114 valence electrons. The number of benzene rings is 1. The summed E-state index contributed by atoms with van der Waals surface area (Å²) in [5, 5.41) is 13.6. The van der Waals surface area contributed by atoms with Crippen molar-refractivity contribution in [1.82, 2.24) is 0 Å². The van der Waals surface area contributed by atoms with Crippen molar-refractivity contribution in [3.05, 3.63) is 28.3 Å². The van der Waals surface area contributed by atoms with Crippen LogP contribution in [0.1, 0.15) is 19.3 Å². The number of quaternary nitrogens is 1. The van der Waals surface area contributed by atoms with Crippen LogP contribution in [0.4, 0.5) is 17.1 Å². The van der Waals surface area contributed by atoms with Crippen molar-refractivity contribution in [3.8, 4) is 0 Å². The molecule has 6 nitrogen and oxygen atoms in total. The third-order valence-corrected chi connectivity index (χ3v) is 4.42. The Hall–Kier alpha value is -1.82. The van der Waals surface area contributed by atoms with Crippen molar-refractivity contribution in [2.45, 2.75) is 19.3 Å². The van der Waals surface area contributed by atoms with Gasteiger partial charge in [0.2, 0.25) is 0 Å². The van der Waals surface area contributed by atoms with Crippen molar-refractivity contribution in [2.24, 2.45) is 0 Å². The zero-order valence-electron chi connectivity index (χ0n) is 12.3. The third kappa shape index (κ3) is 3.10. The second-order valence-corrected chi connectivity index (χ2v) is 5.83. The lowest BCUT2D eigenvalue weighted by atomic mass is 10.1. The van der Waals surface area contributed by atoms with Gasteiger partial charge in [0, 0.05) is 24.8 Å². The van der Waals surface area contributed by atoms with Gasteiger partial charge in [0.05, 0.1) is 31.1 Å². The lowest BCUT2D eigenvalue weighted by molar-refractivity contribution is -0.655. The molecule has 1 aromatic carbocycles. The first-order valence-corrected chi connectivity index (χ1v) is 7.86. The predicted octanol–water partition coefficient (Wildman–Crippen LogP) is 0.968. The first-order valence-electron chi connectivity index (χ1n) is 7.86. The largest absolute Gasteiger partial charge is 0.366 e. The van der Waals surface area contributed by atoms with Crippen molar-refractivity contribution >= 4 is 17.1 Å². The first-order chi connectivity index (χ1) is 10.3. The molecule has 0 aliphatic carbocycles. The number of nitro groups is 1. The van der Waals surface area contributed by atoms with Gasteiger partial charge in [-0.1, -0.05) is 0 Å². The van der Waals surface area contributed by atoms with Crippen molar-refractivity contribution < 1.29 is 10.2 Å². The van der Waals surface area contributed by atoms with E-state index in [0.29, 0.717) is 0 Å². The van der Waals surface area contributed by atoms with Gasteiger partial charge in [0.25, 0.3) is 5.69 Å². The molecule has 0 unspecified atom stereocenters. The molecule has 0 aromatic heterocycles. The molecule has 0 radical (unpaired) electrons. The normalized spacial score (nSPS) is 19.6. The van der Waals surface area contributed by atoms with Crippen LogP contribution in [0.5, 0.6) is 0 Å². The van der Waals surface area contributed by atoms with Crippen LogP contribution in [-0.4, -0.2) is 44.2 Å². The Morgan fingerprint density at radius 3 is 2.38 bits per heavy atom. The molecule has 0 spiro atoms. The van der Waals surface area contributed by atoms with Gasteiger partial charge in [-0.15, -0.1) is 0 Å². The summed E-state index contributed by atoms with van der Waals surface area (Å²) < 4.78 is 0. The number of nitrogens with two attached hydrogens (primary N) is 1. The summed E-state index contributed by atoms with van der Waals surface area (Å²) in [6.45, 7) is 6.07. The minimum absolute atomic E-state index is 0.240. The molecule has 0 amide bonds. The van der Waals surface area contributed by atoms with Crippen molar-refractivity contribution in [1.29, 1.82) is 0 Å². The molecule has 2 N–H and O–H groups in total. The quantitative estimate of drug-likeness (QED) is 0.665. The molecule has 2 aliphatic rings. The average molecular weight is 291 g/mol. The summed E-state index contributed by atoms with van der Waals surface area (Å²) in [7, 11) is 0. The van der Waals surface area contributed by atoms with Gasteiger partial charge >= 0.3 is 0 Å². The van der Waals surface area contributed by atoms with E-state index in [1.54, 1.807) is 6.07 Å². The maximum Gasteiger partial charge on any atom is 0.292 e. The molecule has 3 rings (SSSR count). The maximum atomic E-state index is 11.3. The van der Waals surface area contributed by atoms with Gasteiger partial charge in [-0.25, -0.2) is 0 Å². The number of rotatable bonds is 3. The van der Waals surface area contributed by atoms with E-state index in [9.17, 15) is 10.1 Å². The molecule has 6 heteroatoms. The maximum absolute atomic E-state index is 11.3.